The number of esters is 1. The monoisotopic (exact) mass is 500 g/mol. The largest absolute Gasteiger partial charge is 0.488 e. The van der Waals surface area contributed by atoms with E-state index in [1.807, 2.05) is 57.2 Å². The van der Waals surface area contributed by atoms with Crippen LogP contribution in [0.4, 0.5) is 0 Å². The molecule has 1 unspecified atom stereocenters. The number of hydrogen-bond acceptors (Lipinski definition) is 4. The molecule has 0 saturated heterocycles. The van der Waals surface area contributed by atoms with Crippen LogP contribution in [0, 0.1) is 5.41 Å². The fraction of sp³-hybridized carbons (Fsp3) is 0.394. The van der Waals surface area contributed by atoms with Crippen molar-refractivity contribution in [3.63, 3.8) is 0 Å². The lowest BCUT2D eigenvalue weighted by Crippen LogP contribution is -2.26. The molecule has 0 fully saturated rings. The summed E-state index contributed by atoms with van der Waals surface area (Å²) < 4.78 is 11.6. The van der Waals surface area contributed by atoms with Gasteiger partial charge < -0.3 is 9.47 Å². The lowest BCUT2D eigenvalue weighted by Gasteiger charge is -2.25. The smallest absolute Gasteiger partial charge is 0.343 e. The van der Waals surface area contributed by atoms with E-state index >= 15 is 0 Å². The summed E-state index contributed by atoms with van der Waals surface area (Å²) in [6, 6.07) is 22.6. The minimum absolute atomic E-state index is 0.106. The van der Waals surface area contributed by atoms with Crippen molar-refractivity contribution in [3.8, 4) is 11.5 Å². The first-order valence-electron chi connectivity index (χ1n) is 13.3. The van der Waals surface area contributed by atoms with Crippen molar-refractivity contribution in [3.05, 3.63) is 95.1 Å². The highest BCUT2D eigenvalue weighted by atomic mass is 16.5. The zero-order valence-electron chi connectivity index (χ0n) is 23.3. The molecule has 0 amide bonds. The molecule has 0 saturated carbocycles. The van der Waals surface area contributed by atoms with Gasteiger partial charge in [-0.15, -0.1) is 0 Å². The second-order valence-corrected chi connectivity index (χ2v) is 10.6. The maximum atomic E-state index is 12.9. The summed E-state index contributed by atoms with van der Waals surface area (Å²) in [5.41, 5.74) is 2.77. The Bertz CT molecular complexity index is 1180. The van der Waals surface area contributed by atoms with Crippen molar-refractivity contribution in [2.45, 2.75) is 79.2 Å². The molecule has 1 atom stereocenters. The van der Waals surface area contributed by atoms with Gasteiger partial charge in [0.25, 0.3) is 0 Å². The fourth-order valence-corrected chi connectivity index (χ4v) is 4.08. The second kappa shape index (κ2) is 11.8. The molecule has 0 spiro atoms. The highest BCUT2D eigenvalue weighted by Gasteiger charge is 2.30. The van der Waals surface area contributed by atoms with E-state index < -0.39 is 5.97 Å². The molecule has 4 nitrogen and oxygen atoms in total. The van der Waals surface area contributed by atoms with Crippen LogP contribution in [0.5, 0.6) is 11.5 Å². The topological polar surface area (TPSA) is 52.6 Å². The van der Waals surface area contributed by atoms with E-state index in [9.17, 15) is 9.59 Å². The number of benzene rings is 3. The number of carbonyl (C=O) groups is 2. The summed E-state index contributed by atoms with van der Waals surface area (Å²) in [5, 5.41) is 0. The van der Waals surface area contributed by atoms with Crippen LogP contribution in [0.15, 0.2) is 72.8 Å². The number of carbonyl (C=O) groups excluding carboxylic acids is 2. The molecule has 196 valence electrons. The van der Waals surface area contributed by atoms with Gasteiger partial charge in [0, 0.05) is 16.9 Å². The quantitative estimate of drug-likeness (QED) is 0.150. The molecular formula is C33H40O4. The van der Waals surface area contributed by atoms with Gasteiger partial charge in [-0.3, -0.25) is 4.79 Å². The first-order chi connectivity index (χ1) is 17.5. The molecule has 0 radical (unpaired) electrons. The van der Waals surface area contributed by atoms with Crippen LogP contribution in [0.2, 0.25) is 0 Å². The number of rotatable bonds is 11. The Hall–Kier alpha value is -3.40. The van der Waals surface area contributed by atoms with Crippen LogP contribution < -0.4 is 9.47 Å². The Morgan fingerprint density at radius 1 is 0.676 bits per heavy atom. The average molecular weight is 501 g/mol. The minimum atomic E-state index is -0.445. The Balaban J connectivity index is 1.63. The summed E-state index contributed by atoms with van der Waals surface area (Å²) in [5.74, 6) is 1.19. The number of ether oxygens (including phenoxy) is 2. The van der Waals surface area contributed by atoms with Gasteiger partial charge >= 0.3 is 5.97 Å². The lowest BCUT2D eigenvalue weighted by atomic mass is 9.78. The molecule has 0 aromatic heterocycles. The van der Waals surface area contributed by atoms with E-state index in [4.69, 9.17) is 9.47 Å². The first kappa shape index (κ1) is 28.2. The summed E-state index contributed by atoms with van der Waals surface area (Å²) in [6.45, 7) is 14.5. The van der Waals surface area contributed by atoms with Gasteiger partial charge in [-0.05, 0) is 80.6 Å². The van der Waals surface area contributed by atoms with Crippen LogP contribution in [0.1, 0.15) is 105 Å². The van der Waals surface area contributed by atoms with Crippen LogP contribution in [0.3, 0.4) is 0 Å². The minimum Gasteiger partial charge on any atom is -0.488 e. The highest BCUT2D eigenvalue weighted by Crippen LogP contribution is 2.31. The zero-order valence-corrected chi connectivity index (χ0v) is 23.3. The molecule has 3 aromatic rings. The van der Waals surface area contributed by atoms with E-state index in [0.717, 1.165) is 30.6 Å². The molecule has 0 aliphatic rings. The van der Waals surface area contributed by atoms with Gasteiger partial charge in [-0.25, -0.2) is 4.79 Å². The molecule has 0 bridgehead atoms. The fourth-order valence-electron chi connectivity index (χ4n) is 4.08. The average Bonchev–Trinajstić information content (AvgIpc) is 2.92. The second-order valence-electron chi connectivity index (χ2n) is 10.6. The summed E-state index contributed by atoms with van der Waals surface area (Å²) in [6.07, 6.45) is 2.49. The van der Waals surface area contributed by atoms with Gasteiger partial charge in [-0.2, -0.15) is 0 Å². The van der Waals surface area contributed by atoms with E-state index in [0.29, 0.717) is 16.9 Å². The van der Waals surface area contributed by atoms with Crippen LogP contribution in [-0.4, -0.2) is 17.4 Å². The molecule has 0 N–H and O–H groups in total. The third-order valence-electron chi connectivity index (χ3n) is 7.71. The van der Waals surface area contributed by atoms with Crippen LogP contribution in [-0.2, 0) is 0 Å². The van der Waals surface area contributed by atoms with Gasteiger partial charge in [0.15, 0.2) is 5.78 Å². The maximum Gasteiger partial charge on any atom is 0.343 e. The van der Waals surface area contributed by atoms with Gasteiger partial charge in [-0.1, -0.05) is 71.0 Å². The molecule has 3 rings (SSSR count). The number of hydrogen-bond donors (Lipinski definition) is 0. The van der Waals surface area contributed by atoms with E-state index in [1.54, 1.807) is 24.3 Å². The Morgan fingerprint density at radius 3 is 1.59 bits per heavy atom. The number of Topliss-reactive ketones (excluding diaryl/α,β-unsaturated/α-hetero) is 1. The van der Waals surface area contributed by atoms with Crippen LogP contribution >= 0.6 is 0 Å². The zero-order chi connectivity index (χ0) is 27.2. The normalized spacial score (nSPS) is 12.6. The molecule has 37 heavy (non-hydrogen) atoms. The maximum absolute atomic E-state index is 12.9. The standard InChI is InChI=1S/C33H40O4/c1-8-32(5,6)37-29-21-17-25(18-22-29)23(4)24-15-19-28(20-16-24)36-31(35)27-13-11-26(12-14-27)30(34)33(7,9-2)10-3/h11-23H,8-10H2,1-7H3. The predicted molar refractivity (Wildman–Crippen MR) is 150 cm³/mol. The molecule has 0 aliphatic carbocycles. The van der Waals surface area contributed by atoms with Crippen molar-refractivity contribution in [1.29, 1.82) is 0 Å². The molecule has 4 heteroatoms. The van der Waals surface area contributed by atoms with Gasteiger partial charge in [0.1, 0.15) is 17.1 Å². The first-order valence-corrected chi connectivity index (χ1v) is 13.3. The van der Waals surface area contributed by atoms with Gasteiger partial charge in [0.2, 0.25) is 0 Å². The van der Waals surface area contributed by atoms with Crippen molar-refractivity contribution in [2.24, 2.45) is 5.41 Å². The highest BCUT2D eigenvalue weighted by molar-refractivity contribution is 6.01. The molecule has 0 heterocycles. The van der Waals surface area contributed by atoms with Crippen molar-refractivity contribution in [1.82, 2.24) is 0 Å². The Labute approximate surface area is 222 Å². The van der Waals surface area contributed by atoms with Crippen molar-refractivity contribution < 1.29 is 19.1 Å². The Morgan fingerprint density at radius 2 is 1.14 bits per heavy atom. The lowest BCUT2D eigenvalue weighted by molar-refractivity contribution is 0.0732. The molecule has 3 aromatic carbocycles. The summed E-state index contributed by atoms with van der Waals surface area (Å²) >= 11 is 0. The third kappa shape index (κ3) is 6.88. The van der Waals surface area contributed by atoms with E-state index in [1.165, 1.54) is 5.56 Å². The van der Waals surface area contributed by atoms with Crippen molar-refractivity contribution in [2.75, 3.05) is 0 Å². The Kier molecular flexibility index (Phi) is 8.96. The van der Waals surface area contributed by atoms with E-state index in [2.05, 4.69) is 39.8 Å². The third-order valence-corrected chi connectivity index (χ3v) is 7.71. The van der Waals surface area contributed by atoms with Crippen molar-refractivity contribution >= 4 is 11.8 Å². The summed E-state index contributed by atoms with van der Waals surface area (Å²) in [4.78, 5) is 25.5. The summed E-state index contributed by atoms with van der Waals surface area (Å²) in [7, 11) is 0. The predicted octanol–water partition coefficient (Wildman–Crippen LogP) is 8.63. The molecular weight excluding hydrogens is 460 g/mol. The molecule has 0 aliphatic heterocycles. The SMILES string of the molecule is CCC(C)(C)Oc1ccc(C(C)c2ccc(OC(=O)c3ccc(C(=O)C(C)(CC)CC)cc3)cc2)cc1. The van der Waals surface area contributed by atoms with Crippen LogP contribution in [0.25, 0.3) is 0 Å². The number of ketones is 1. The van der Waals surface area contributed by atoms with E-state index in [-0.39, 0.29) is 22.7 Å². The van der Waals surface area contributed by atoms with Gasteiger partial charge in [0.05, 0.1) is 5.56 Å².